The predicted octanol–water partition coefficient (Wildman–Crippen LogP) is 0.0625. The number of rotatable bonds is 4. The molecule has 0 radical (unpaired) electrons. The van der Waals surface area contributed by atoms with E-state index in [1.807, 2.05) is 4.90 Å². The van der Waals surface area contributed by atoms with Crippen molar-refractivity contribution in [1.82, 2.24) is 9.80 Å². The smallest absolute Gasteiger partial charge is 0.226 e. The summed E-state index contributed by atoms with van der Waals surface area (Å²) in [4.78, 5) is 16.8. The number of hydrogen-bond acceptors (Lipinski definition) is 4. The summed E-state index contributed by atoms with van der Waals surface area (Å²) in [5.74, 6) is 0.0869. The Labute approximate surface area is 115 Å². The first-order valence-corrected chi connectivity index (χ1v) is 7.39. The lowest BCUT2D eigenvalue weighted by molar-refractivity contribution is -0.143. The molecule has 110 valence electrons. The second kappa shape index (κ2) is 6.68. The van der Waals surface area contributed by atoms with Gasteiger partial charge in [0, 0.05) is 18.5 Å². The molecule has 0 aromatic carbocycles. The quantitative estimate of drug-likeness (QED) is 0.758. The van der Waals surface area contributed by atoms with Gasteiger partial charge >= 0.3 is 0 Å². The number of carbonyl (C=O) groups excluding carboxylic acids is 1. The van der Waals surface area contributed by atoms with Crippen LogP contribution in [0.3, 0.4) is 0 Å². The standard InChI is InChI=1S/C14H26N2O3/c1-15-7-4-12(5-8-15)16-6-2-3-11(14(16)19)9-13(18)10-17/h11-13,17-18H,2-10H2,1H3. The molecule has 2 aliphatic heterocycles. The summed E-state index contributed by atoms with van der Waals surface area (Å²) in [6, 6.07) is 0.373. The fourth-order valence-corrected chi connectivity index (χ4v) is 3.27. The summed E-state index contributed by atoms with van der Waals surface area (Å²) in [5, 5.41) is 18.4. The molecule has 0 spiro atoms. The van der Waals surface area contributed by atoms with Crippen molar-refractivity contribution in [3.8, 4) is 0 Å². The Morgan fingerprint density at radius 2 is 1.95 bits per heavy atom. The number of amides is 1. The number of aliphatic hydroxyl groups is 2. The van der Waals surface area contributed by atoms with E-state index in [-0.39, 0.29) is 18.4 Å². The van der Waals surface area contributed by atoms with Crippen molar-refractivity contribution in [3.63, 3.8) is 0 Å². The molecule has 19 heavy (non-hydrogen) atoms. The molecule has 2 heterocycles. The molecular weight excluding hydrogens is 244 g/mol. The molecule has 0 aromatic heterocycles. The Bertz CT molecular complexity index is 303. The monoisotopic (exact) mass is 270 g/mol. The van der Waals surface area contributed by atoms with E-state index >= 15 is 0 Å². The molecule has 0 saturated carbocycles. The minimum Gasteiger partial charge on any atom is -0.394 e. The van der Waals surface area contributed by atoms with Gasteiger partial charge in [-0.1, -0.05) is 0 Å². The highest BCUT2D eigenvalue weighted by Gasteiger charge is 2.34. The van der Waals surface area contributed by atoms with Crippen molar-refractivity contribution in [2.45, 2.75) is 44.2 Å². The molecular formula is C14H26N2O3. The van der Waals surface area contributed by atoms with E-state index in [9.17, 15) is 9.90 Å². The molecule has 2 atom stereocenters. The van der Waals surface area contributed by atoms with E-state index in [0.29, 0.717) is 12.5 Å². The Hall–Kier alpha value is -0.650. The topological polar surface area (TPSA) is 64.0 Å². The van der Waals surface area contributed by atoms with Crippen molar-refractivity contribution in [2.75, 3.05) is 33.3 Å². The zero-order valence-electron chi connectivity index (χ0n) is 11.8. The lowest BCUT2D eigenvalue weighted by Gasteiger charge is -2.41. The molecule has 2 aliphatic rings. The van der Waals surface area contributed by atoms with Crippen LogP contribution in [0.5, 0.6) is 0 Å². The third-order valence-corrected chi connectivity index (χ3v) is 4.48. The van der Waals surface area contributed by atoms with Gasteiger partial charge in [0.25, 0.3) is 0 Å². The molecule has 5 heteroatoms. The van der Waals surface area contributed by atoms with E-state index < -0.39 is 6.10 Å². The number of aliphatic hydroxyl groups excluding tert-OH is 2. The molecule has 2 N–H and O–H groups in total. The van der Waals surface area contributed by atoms with Crippen LogP contribution in [0.15, 0.2) is 0 Å². The number of hydrogen-bond donors (Lipinski definition) is 2. The Kier molecular flexibility index (Phi) is 5.19. The SMILES string of the molecule is CN1CCC(N2CCCC(CC(O)CO)C2=O)CC1. The average Bonchev–Trinajstić information content (AvgIpc) is 2.42. The highest BCUT2D eigenvalue weighted by atomic mass is 16.3. The third-order valence-electron chi connectivity index (χ3n) is 4.48. The Balaban J connectivity index is 1.92. The first kappa shape index (κ1) is 14.8. The van der Waals surface area contributed by atoms with Gasteiger partial charge in [0.05, 0.1) is 12.7 Å². The van der Waals surface area contributed by atoms with Crippen LogP contribution in [-0.2, 0) is 4.79 Å². The second-order valence-corrected chi connectivity index (χ2v) is 5.98. The van der Waals surface area contributed by atoms with Crippen molar-refractivity contribution in [2.24, 2.45) is 5.92 Å². The minimum absolute atomic E-state index is 0.101. The van der Waals surface area contributed by atoms with Gasteiger partial charge in [-0.3, -0.25) is 4.79 Å². The van der Waals surface area contributed by atoms with Gasteiger partial charge in [0.1, 0.15) is 0 Å². The van der Waals surface area contributed by atoms with Gasteiger partial charge in [-0.2, -0.15) is 0 Å². The molecule has 0 bridgehead atoms. The normalized spacial score (nSPS) is 28.7. The fraction of sp³-hybridized carbons (Fsp3) is 0.929. The van der Waals surface area contributed by atoms with Gasteiger partial charge < -0.3 is 20.0 Å². The van der Waals surface area contributed by atoms with E-state index in [4.69, 9.17) is 5.11 Å². The largest absolute Gasteiger partial charge is 0.394 e. The third kappa shape index (κ3) is 3.68. The van der Waals surface area contributed by atoms with Crippen LogP contribution < -0.4 is 0 Å². The average molecular weight is 270 g/mol. The summed E-state index contributed by atoms with van der Waals surface area (Å²) in [5.41, 5.74) is 0. The van der Waals surface area contributed by atoms with Gasteiger partial charge in [-0.05, 0) is 52.2 Å². The Morgan fingerprint density at radius 1 is 1.26 bits per heavy atom. The zero-order valence-corrected chi connectivity index (χ0v) is 11.8. The maximum atomic E-state index is 12.5. The maximum absolute atomic E-state index is 12.5. The minimum atomic E-state index is -0.758. The number of carbonyl (C=O) groups is 1. The second-order valence-electron chi connectivity index (χ2n) is 5.98. The first-order chi connectivity index (χ1) is 9.11. The fourth-order valence-electron chi connectivity index (χ4n) is 3.27. The van der Waals surface area contributed by atoms with Crippen molar-refractivity contribution in [3.05, 3.63) is 0 Å². The van der Waals surface area contributed by atoms with Crippen LogP contribution in [0, 0.1) is 5.92 Å². The molecule has 0 aliphatic carbocycles. The molecule has 5 nitrogen and oxygen atoms in total. The molecule has 2 saturated heterocycles. The number of likely N-dealkylation sites (tertiary alicyclic amines) is 2. The molecule has 1 amide bonds. The van der Waals surface area contributed by atoms with Crippen LogP contribution in [0.1, 0.15) is 32.1 Å². The van der Waals surface area contributed by atoms with Crippen LogP contribution >= 0.6 is 0 Å². The zero-order chi connectivity index (χ0) is 13.8. The van der Waals surface area contributed by atoms with Crippen molar-refractivity contribution in [1.29, 1.82) is 0 Å². The van der Waals surface area contributed by atoms with Crippen LogP contribution in [0.2, 0.25) is 0 Å². The summed E-state index contributed by atoms with van der Waals surface area (Å²) in [6.45, 7) is 2.72. The molecule has 2 unspecified atom stereocenters. The lowest BCUT2D eigenvalue weighted by Crippen LogP contribution is -2.51. The highest BCUT2D eigenvalue weighted by molar-refractivity contribution is 5.80. The molecule has 0 aromatic rings. The highest BCUT2D eigenvalue weighted by Crippen LogP contribution is 2.27. The lowest BCUT2D eigenvalue weighted by atomic mass is 9.89. The van der Waals surface area contributed by atoms with Gasteiger partial charge in [0.15, 0.2) is 0 Å². The maximum Gasteiger partial charge on any atom is 0.226 e. The van der Waals surface area contributed by atoms with Crippen LogP contribution in [0.4, 0.5) is 0 Å². The van der Waals surface area contributed by atoms with E-state index in [1.165, 1.54) is 0 Å². The number of piperidine rings is 2. The molecule has 2 rings (SSSR count). The van der Waals surface area contributed by atoms with Gasteiger partial charge in [-0.25, -0.2) is 0 Å². The van der Waals surface area contributed by atoms with Gasteiger partial charge in [-0.15, -0.1) is 0 Å². The first-order valence-electron chi connectivity index (χ1n) is 7.39. The predicted molar refractivity (Wildman–Crippen MR) is 72.7 cm³/mol. The summed E-state index contributed by atoms with van der Waals surface area (Å²) < 4.78 is 0. The summed E-state index contributed by atoms with van der Waals surface area (Å²) in [6.07, 6.45) is 3.61. The van der Waals surface area contributed by atoms with E-state index in [1.54, 1.807) is 0 Å². The van der Waals surface area contributed by atoms with Gasteiger partial charge in [0.2, 0.25) is 5.91 Å². The van der Waals surface area contributed by atoms with E-state index in [0.717, 1.165) is 45.3 Å². The summed E-state index contributed by atoms with van der Waals surface area (Å²) in [7, 11) is 2.12. The van der Waals surface area contributed by atoms with Crippen LogP contribution in [0.25, 0.3) is 0 Å². The number of nitrogens with zero attached hydrogens (tertiary/aromatic N) is 2. The van der Waals surface area contributed by atoms with Crippen LogP contribution in [-0.4, -0.2) is 71.4 Å². The van der Waals surface area contributed by atoms with E-state index in [2.05, 4.69) is 11.9 Å². The summed E-state index contributed by atoms with van der Waals surface area (Å²) >= 11 is 0. The molecule has 2 fully saturated rings. The van der Waals surface area contributed by atoms with Crippen molar-refractivity contribution < 1.29 is 15.0 Å². The Morgan fingerprint density at radius 3 is 2.58 bits per heavy atom. The van der Waals surface area contributed by atoms with Crippen molar-refractivity contribution >= 4 is 5.91 Å².